The van der Waals surface area contributed by atoms with E-state index in [0.29, 0.717) is 59.2 Å². The van der Waals surface area contributed by atoms with Crippen LogP contribution in [0.5, 0.6) is 17.2 Å². The van der Waals surface area contributed by atoms with Gasteiger partial charge in [-0.05, 0) is 69.0 Å². The van der Waals surface area contributed by atoms with Gasteiger partial charge in [0.25, 0.3) is 5.91 Å². The number of methoxy groups -OCH3 is 2. The second-order valence-corrected chi connectivity index (χ2v) is 10.4. The normalized spacial score (nSPS) is 18.4. The van der Waals surface area contributed by atoms with Crippen LogP contribution >= 0.6 is 0 Å². The number of carbonyl (C=O) groups is 2. The summed E-state index contributed by atoms with van der Waals surface area (Å²) < 4.78 is 16.9. The molecule has 0 aromatic heterocycles. The summed E-state index contributed by atoms with van der Waals surface area (Å²) in [7, 11) is 3.21. The second-order valence-electron chi connectivity index (χ2n) is 10.4. The number of para-hydroxylation sites is 1. The number of carbonyl (C=O) groups excluding carboxylic acids is 2. The maximum absolute atomic E-state index is 14.1. The molecule has 0 fully saturated rings. The molecule has 2 aliphatic rings. The number of ketones is 1. The van der Waals surface area contributed by atoms with Gasteiger partial charge in [-0.1, -0.05) is 42.0 Å². The molecule has 7 nitrogen and oxygen atoms in total. The molecule has 3 aromatic carbocycles. The zero-order valence-corrected chi connectivity index (χ0v) is 24.2. The van der Waals surface area contributed by atoms with Gasteiger partial charge in [-0.25, -0.2) is 0 Å². The van der Waals surface area contributed by atoms with E-state index in [0.717, 1.165) is 22.4 Å². The van der Waals surface area contributed by atoms with Crippen LogP contribution in [0.3, 0.4) is 0 Å². The van der Waals surface area contributed by atoms with E-state index in [1.54, 1.807) is 14.2 Å². The van der Waals surface area contributed by atoms with Gasteiger partial charge in [-0.15, -0.1) is 0 Å². The minimum Gasteiger partial charge on any atom is -0.494 e. The van der Waals surface area contributed by atoms with Crippen molar-refractivity contribution < 1.29 is 23.8 Å². The van der Waals surface area contributed by atoms with Crippen LogP contribution in [0.2, 0.25) is 0 Å². The molecule has 7 heteroatoms. The number of amides is 1. The summed E-state index contributed by atoms with van der Waals surface area (Å²) >= 11 is 0. The van der Waals surface area contributed by atoms with Crippen LogP contribution in [-0.2, 0) is 9.59 Å². The number of hydrogen-bond donors (Lipinski definition) is 2. The SMILES string of the molecule is CCOc1ccccc1[C@@H]1C(C(=O)Nc2ccc(C)cc2)=C(C)NC2=C1C(=O)C[C@@H](c1ccc(OC)c(OC)c1)C2. The number of Topliss-reactive ketones (excluding diaryl/α,β-unsaturated/α-hetero) is 1. The second kappa shape index (κ2) is 11.9. The van der Waals surface area contributed by atoms with E-state index in [2.05, 4.69) is 10.6 Å². The average molecular weight is 553 g/mol. The number of dihydropyridines is 1. The molecule has 1 heterocycles. The van der Waals surface area contributed by atoms with Gasteiger partial charge >= 0.3 is 0 Å². The minimum atomic E-state index is -0.571. The first-order valence-corrected chi connectivity index (χ1v) is 13.9. The van der Waals surface area contributed by atoms with Crippen LogP contribution in [0.15, 0.2) is 89.3 Å². The van der Waals surface area contributed by atoms with Crippen molar-refractivity contribution in [1.29, 1.82) is 0 Å². The first kappa shape index (κ1) is 28.0. The molecule has 2 N–H and O–H groups in total. The van der Waals surface area contributed by atoms with E-state index < -0.39 is 5.92 Å². The third kappa shape index (κ3) is 5.57. The van der Waals surface area contributed by atoms with Gasteiger partial charge in [0.15, 0.2) is 17.3 Å². The number of ether oxygens (including phenoxy) is 3. The highest BCUT2D eigenvalue weighted by atomic mass is 16.5. The summed E-state index contributed by atoms with van der Waals surface area (Å²) in [6.07, 6.45) is 0.934. The predicted molar refractivity (Wildman–Crippen MR) is 160 cm³/mol. The van der Waals surface area contributed by atoms with Gasteiger partial charge in [0, 0.05) is 40.2 Å². The van der Waals surface area contributed by atoms with E-state index in [9.17, 15) is 9.59 Å². The van der Waals surface area contributed by atoms with Crippen LogP contribution in [0.1, 0.15) is 55.2 Å². The molecule has 0 spiro atoms. The number of aryl methyl sites for hydroxylation is 1. The molecule has 212 valence electrons. The Labute approximate surface area is 241 Å². The Morgan fingerprint density at radius 1 is 0.927 bits per heavy atom. The number of allylic oxidation sites excluding steroid dienone is 3. The maximum atomic E-state index is 14.1. The summed E-state index contributed by atoms with van der Waals surface area (Å²) in [5.74, 6) is 1.06. The molecule has 0 unspecified atom stereocenters. The Morgan fingerprint density at radius 2 is 1.66 bits per heavy atom. The van der Waals surface area contributed by atoms with E-state index in [4.69, 9.17) is 14.2 Å². The molecular formula is C34H36N2O5. The number of hydrogen-bond acceptors (Lipinski definition) is 6. The lowest BCUT2D eigenvalue weighted by Crippen LogP contribution is -2.37. The summed E-state index contributed by atoms with van der Waals surface area (Å²) in [5, 5.41) is 6.51. The van der Waals surface area contributed by atoms with E-state index in [1.807, 2.05) is 87.5 Å². The molecule has 3 aromatic rings. The number of rotatable bonds is 8. The van der Waals surface area contributed by atoms with Crippen molar-refractivity contribution in [1.82, 2.24) is 5.32 Å². The lowest BCUT2D eigenvalue weighted by molar-refractivity contribution is -0.116. The molecule has 0 saturated heterocycles. The van der Waals surface area contributed by atoms with E-state index in [1.165, 1.54) is 0 Å². The first-order valence-electron chi connectivity index (χ1n) is 13.9. The number of benzene rings is 3. The highest BCUT2D eigenvalue weighted by Crippen LogP contribution is 2.48. The third-order valence-electron chi connectivity index (χ3n) is 7.79. The predicted octanol–water partition coefficient (Wildman–Crippen LogP) is 6.41. The molecule has 0 radical (unpaired) electrons. The molecule has 5 rings (SSSR count). The molecular weight excluding hydrogens is 516 g/mol. The van der Waals surface area contributed by atoms with E-state index >= 15 is 0 Å². The number of nitrogens with one attached hydrogen (secondary N) is 2. The summed E-state index contributed by atoms with van der Waals surface area (Å²) in [6.45, 7) is 6.29. The number of anilines is 1. The largest absolute Gasteiger partial charge is 0.494 e. The Hall–Kier alpha value is -4.52. The standard InChI is InChI=1S/C34H36N2O5/c1-6-41-28-10-8-7-9-25(28)32-31(34(38)36-24-14-11-20(2)12-15-24)21(3)35-26-17-23(18-27(37)33(26)32)22-13-16-29(39-4)30(19-22)40-5/h7-16,19,23,32,35H,6,17-18H2,1-5H3,(H,36,38)/t23-,32+/m0/s1. The minimum absolute atomic E-state index is 0.00275. The van der Waals surface area contributed by atoms with E-state index in [-0.39, 0.29) is 17.6 Å². The average Bonchev–Trinajstić information content (AvgIpc) is 2.97. The van der Waals surface area contributed by atoms with Crippen molar-refractivity contribution in [2.75, 3.05) is 26.1 Å². The Bertz CT molecular complexity index is 1540. The molecule has 2 atom stereocenters. The van der Waals surface area contributed by atoms with Crippen molar-refractivity contribution in [3.8, 4) is 17.2 Å². The van der Waals surface area contributed by atoms with Crippen LogP contribution < -0.4 is 24.8 Å². The van der Waals surface area contributed by atoms with Gasteiger partial charge in [-0.2, -0.15) is 0 Å². The topological polar surface area (TPSA) is 85.9 Å². The third-order valence-corrected chi connectivity index (χ3v) is 7.79. The smallest absolute Gasteiger partial charge is 0.254 e. The highest BCUT2D eigenvalue weighted by molar-refractivity contribution is 6.10. The zero-order chi connectivity index (χ0) is 29.1. The summed E-state index contributed by atoms with van der Waals surface area (Å²) in [5.41, 5.74) is 6.28. The monoisotopic (exact) mass is 552 g/mol. The molecule has 0 saturated carbocycles. The summed E-state index contributed by atoms with van der Waals surface area (Å²) in [6, 6.07) is 21.1. The molecule has 1 aliphatic carbocycles. The first-order chi connectivity index (χ1) is 19.8. The lowest BCUT2D eigenvalue weighted by Gasteiger charge is -2.37. The zero-order valence-electron chi connectivity index (χ0n) is 24.2. The van der Waals surface area contributed by atoms with Crippen LogP contribution in [0.4, 0.5) is 5.69 Å². The van der Waals surface area contributed by atoms with Crippen LogP contribution in [0, 0.1) is 6.92 Å². The van der Waals surface area contributed by atoms with Gasteiger partial charge in [0.05, 0.1) is 26.7 Å². The molecule has 1 aliphatic heterocycles. The lowest BCUT2D eigenvalue weighted by atomic mass is 9.71. The molecule has 0 bridgehead atoms. The van der Waals surface area contributed by atoms with Crippen molar-refractivity contribution >= 4 is 17.4 Å². The Kier molecular flexibility index (Phi) is 8.15. The van der Waals surface area contributed by atoms with Crippen LogP contribution in [-0.4, -0.2) is 32.5 Å². The fourth-order valence-electron chi connectivity index (χ4n) is 5.83. The van der Waals surface area contributed by atoms with Crippen molar-refractivity contribution in [3.05, 3.63) is 106 Å². The van der Waals surface area contributed by atoms with Crippen LogP contribution in [0.25, 0.3) is 0 Å². The quantitative estimate of drug-likeness (QED) is 0.336. The van der Waals surface area contributed by atoms with Gasteiger partial charge in [0.2, 0.25) is 0 Å². The van der Waals surface area contributed by atoms with Crippen molar-refractivity contribution in [3.63, 3.8) is 0 Å². The molecule has 1 amide bonds. The van der Waals surface area contributed by atoms with Gasteiger partial charge in [0.1, 0.15) is 5.75 Å². The molecule has 41 heavy (non-hydrogen) atoms. The fraction of sp³-hybridized carbons (Fsp3) is 0.294. The highest BCUT2D eigenvalue weighted by Gasteiger charge is 2.42. The van der Waals surface area contributed by atoms with Gasteiger partial charge < -0.3 is 24.8 Å². The van der Waals surface area contributed by atoms with Crippen molar-refractivity contribution in [2.24, 2.45) is 0 Å². The summed E-state index contributed by atoms with van der Waals surface area (Å²) in [4.78, 5) is 28.0. The van der Waals surface area contributed by atoms with Crippen molar-refractivity contribution in [2.45, 2.75) is 45.4 Å². The Morgan fingerprint density at radius 3 is 2.37 bits per heavy atom. The maximum Gasteiger partial charge on any atom is 0.254 e. The van der Waals surface area contributed by atoms with Gasteiger partial charge in [-0.3, -0.25) is 9.59 Å². The Balaban J connectivity index is 1.57. The fourth-order valence-corrected chi connectivity index (χ4v) is 5.83.